The van der Waals surface area contributed by atoms with Crippen molar-refractivity contribution in [2.24, 2.45) is 0 Å². The van der Waals surface area contributed by atoms with E-state index >= 15 is 0 Å². The third-order valence-electron chi connectivity index (χ3n) is 6.23. The van der Waals surface area contributed by atoms with Gasteiger partial charge in [-0.05, 0) is 49.9 Å². The first kappa shape index (κ1) is 25.1. The number of benzene rings is 1. The highest BCUT2D eigenvalue weighted by Gasteiger charge is 2.46. The van der Waals surface area contributed by atoms with Crippen LogP contribution in [-0.4, -0.2) is 53.7 Å². The average molecular weight is 468 g/mol. The molecule has 1 aromatic carbocycles. The van der Waals surface area contributed by atoms with E-state index in [0.29, 0.717) is 32.4 Å². The van der Waals surface area contributed by atoms with Gasteiger partial charge >= 0.3 is 6.18 Å². The molecule has 180 valence electrons. The second kappa shape index (κ2) is 9.77. The first-order valence-corrected chi connectivity index (χ1v) is 10.7. The van der Waals surface area contributed by atoms with Gasteiger partial charge in [-0.3, -0.25) is 9.78 Å². The number of pyridine rings is 1. The van der Waals surface area contributed by atoms with Crippen molar-refractivity contribution in [1.82, 2.24) is 9.88 Å². The number of hydrogen-bond donors (Lipinski definition) is 0. The van der Waals surface area contributed by atoms with E-state index in [9.17, 15) is 22.4 Å². The number of amides is 1. The number of carbonyl (C=O) groups excluding carboxylic acids is 1. The van der Waals surface area contributed by atoms with Gasteiger partial charge < -0.3 is 14.5 Å². The Hall–Kier alpha value is -2.52. The van der Waals surface area contributed by atoms with Crippen LogP contribution in [0.2, 0.25) is 0 Å². The predicted octanol–water partition coefficient (Wildman–Crippen LogP) is 4.70. The van der Waals surface area contributed by atoms with Gasteiger partial charge in [0.05, 0.1) is 17.8 Å². The van der Waals surface area contributed by atoms with Crippen molar-refractivity contribution in [1.29, 1.82) is 0 Å². The molecule has 2 aliphatic heterocycles. The summed E-state index contributed by atoms with van der Waals surface area (Å²) in [6.45, 7) is 4.13. The number of likely N-dealkylation sites (tertiary alicyclic amines) is 1. The lowest BCUT2D eigenvalue weighted by atomic mass is 9.88. The first-order valence-electron chi connectivity index (χ1n) is 10.7. The van der Waals surface area contributed by atoms with Crippen LogP contribution in [0, 0.1) is 5.82 Å². The number of rotatable bonds is 4. The fraction of sp³-hybridized carbons (Fsp3) is 0.500. The van der Waals surface area contributed by atoms with Crippen LogP contribution in [0.25, 0.3) is 0 Å². The maximum absolute atomic E-state index is 14.3. The minimum absolute atomic E-state index is 0. The lowest BCUT2D eigenvalue weighted by Crippen LogP contribution is -2.61. The van der Waals surface area contributed by atoms with E-state index in [2.05, 4.69) is 9.88 Å². The normalized spacial score (nSPS) is 21.2. The molecule has 33 heavy (non-hydrogen) atoms. The molecule has 1 atom stereocenters. The van der Waals surface area contributed by atoms with Crippen molar-refractivity contribution in [3.63, 3.8) is 0 Å². The monoisotopic (exact) mass is 467 g/mol. The summed E-state index contributed by atoms with van der Waals surface area (Å²) < 4.78 is 58.4. The number of halogens is 4. The van der Waals surface area contributed by atoms with Crippen LogP contribution in [0.4, 0.5) is 23.2 Å². The largest absolute Gasteiger partial charge is 0.433 e. The van der Waals surface area contributed by atoms with Gasteiger partial charge in [0.2, 0.25) is 0 Å². The zero-order valence-electron chi connectivity index (χ0n) is 17.7. The molecule has 2 fully saturated rings. The van der Waals surface area contributed by atoms with Crippen LogP contribution >= 0.6 is 0 Å². The maximum atomic E-state index is 14.3. The molecule has 5 nitrogen and oxygen atoms in total. The van der Waals surface area contributed by atoms with Gasteiger partial charge in [0.1, 0.15) is 17.6 Å². The minimum Gasteiger partial charge on any atom is -0.360 e. The highest BCUT2D eigenvalue weighted by molar-refractivity contribution is 5.97. The van der Waals surface area contributed by atoms with Crippen LogP contribution < -0.4 is 4.90 Å². The number of carbonyl (C=O) groups is 1. The fourth-order valence-corrected chi connectivity index (χ4v) is 4.41. The molecule has 1 aromatic heterocycles. The number of para-hydroxylation sites is 1. The summed E-state index contributed by atoms with van der Waals surface area (Å²) in [5, 5.41) is 0. The van der Waals surface area contributed by atoms with Gasteiger partial charge in [-0.15, -0.1) is 0 Å². The predicted molar refractivity (Wildman–Crippen MR) is 117 cm³/mol. The molecule has 2 aromatic rings. The molecular formula is C24H29F4N3O2. The highest BCUT2D eigenvalue weighted by atomic mass is 19.4. The second-order valence-corrected chi connectivity index (χ2v) is 8.46. The molecule has 1 spiro atoms. The summed E-state index contributed by atoms with van der Waals surface area (Å²) in [7, 11) is 0. The van der Waals surface area contributed by atoms with Gasteiger partial charge in [-0.25, -0.2) is 4.39 Å². The molecule has 0 aliphatic carbocycles. The van der Waals surface area contributed by atoms with Gasteiger partial charge in [0.25, 0.3) is 5.91 Å². The Morgan fingerprint density at radius 1 is 1.15 bits per heavy atom. The fourth-order valence-electron chi connectivity index (χ4n) is 4.41. The Morgan fingerprint density at radius 2 is 1.85 bits per heavy atom. The third kappa shape index (κ3) is 5.52. The average Bonchev–Trinajstić information content (AvgIpc) is 2.76. The van der Waals surface area contributed by atoms with E-state index in [0.717, 1.165) is 24.7 Å². The zero-order valence-corrected chi connectivity index (χ0v) is 17.7. The summed E-state index contributed by atoms with van der Waals surface area (Å²) in [5.41, 5.74) is -0.415. The number of morpholine rings is 1. The smallest absolute Gasteiger partial charge is 0.360 e. The molecule has 2 saturated heterocycles. The molecule has 2 aliphatic rings. The Kier molecular flexibility index (Phi) is 7.43. The van der Waals surface area contributed by atoms with Crippen molar-refractivity contribution in [3.8, 4) is 0 Å². The van der Waals surface area contributed by atoms with Crippen LogP contribution in [0.1, 0.15) is 38.4 Å². The highest BCUT2D eigenvalue weighted by Crippen LogP contribution is 2.36. The van der Waals surface area contributed by atoms with E-state index in [-0.39, 0.29) is 19.0 Å². The number of piperidine rings is 1. The molecule has 1 unspecified atom stereocenters. The zero-order chi connectivity index (χ0) is 22.9. The Morgan fingerprint density at radius 3 is 2.45 bits per heavy atom. The second-order valence-electron chi connectivity index (χ2n) is 8.46. The number of ether oxygens (including phenoxy) is 1. The minimum atomic E-state index is -4.44. The summed E-state index contributed by atoms with van der Waals surface area (Å²) in [4.78, 5) is 19.9. The third-order valence-corrected chi connectivity index (χ3v) is 6.23. The number of alkyl halides is 3. The first-order chi connectivity index (χ1) is 15.2. The van der Waals surface area contributed by atoms with Crippen molar-refractivity contribution in [3.05, 3.63) is 59.7 Å². The van der Waals surface area contributed by atoms with Crippen molar-refractivity contribution < 1.29 is 27.1 Å². The van der Waals surface area contributed by atoms with Crippen molar-refractivity contribution >= 4 is 11.6 Å². The van der Waals surface area contributed by atoms with E-state index in [4.69, 9.17) is 4.74 Å². The standard InChI is InChI=1S/C23H25F4N3O2.CH4/c1-16-21(31)30(19-5-3-2-4-18(19)24)15-22(32-16)9-12-29(13-10-22)11-8-17-6-7-20(28-14-17)23(25,26)27;/h2-7,14,16H,8-13,15H2,1H3;1H4. The molecule has 1 amide bonds. The van der Waals surface area contributed by atoms with Crippen LogP contribution in [0.3, 0.4) is 0 Å². The Bertz CT molecular complexity index is 957. The maximum Gasteiger partial charge on any atom is 0.433 e. The molecule has 4 rings (SSSR count). The summed E-state index contributed by atoms with van der Waals surface area (Å²) in [5.74, 6) is -0.689. The SMILES string of the molecule is C.CC1OC2(CCN(CCc3ccc(C(F)(F)F)nc3)CC2)CN(c2ccccc2F)C1=O. The molecule has 0 radical (unpaired) electrons. The molecule has 3 heterocycles. The molecular weight excluding hydrogens is 438 g/mol. The van der Waals surface area contributed by atoms with Crippen molar-refractivity contribution in [2.75, 3.05) is 31.1 Å². The Labute approximate surface area is 191 Å². The topological polar surface area (TPSA) is 45.7 Å². The van der Waals surface area contributed by atoms with E-state index in [1.165, 1.54) is 23.2 Å². The summed E-state index contributed by atoms with van der Waals surface area (Å²) in [6, 6.07) is 8.71. The number of anilines is 1. The lowest BCUT2D eigenvalue weighted by molar-refractivity contribution is -0.161. The van der Waals surface area contributed by atoms with E-state index in [1.807, 2.05) is 0 Å². The quantitative estimate of drug-likeness (QED) is 0.612. The summed E-state index contributed by atoms with van der Waals surface area (Å²) >= 11 is 0. The molecule has 0 N–H and O–H groups in total. The molecule has 0 bridgehead atoms. The van der Waals surface area contributed by atoms with Crippen LogP contribution in [-0.2, 0) is 22.1 Å². The van der Waals surface area contributed by atoms with Gasteiger partial charge in [-0.2, -0.15) is 13.2 Å². The molecule has 0 saturated carbocycles. The van der Waals surface area contributed by atoms with E-state index in [1.54, 1.807) is 25.1 Å². The lowest BCUT2D eigenvalue weighted by Gasteiger charge is -2.49. The van der Waals surface area contributed by atoms with Crippen molar-refractivity contribution in [2.45, 2.75) is 51.5 Å². The van der Waals surface area contributed by atoms with E-state index < -0.39 is 29.4 Å². The van der Waals surface area contributed by atoms with Gasteiger partial charge in [0.15, 0.2) is 0 Å². The molecule has 9 heteroatoms. The summed E-state index contributed by atoms with van der Waals surface area (Å²) in [6.07, 6.45) is -1.86. The number of hydrogen-bond acceptors (Lipinski definition) is 4. The number of aromatic nitrogens is 1. The Balaban J connectivity index is 0.00000306. The van der Waals surface area contributed by atoms with Gasteiger partial charge in [-0.1, -0.05) is 25.6 Å². The van der Waals surface area contributed by atoms with Crippen LogP contribution in [0.5, 0.6) is 0 Å². The number of nitrogens with zero attached hydrogens (tertiary/aromatic N) is 3. The van der Waals surface area contributed by atoms with Gasteiger partial charge in [0, 0.05) is 25.8 Å². The van der Waals surface area contributed by atoms with Crippen LogP contribution in [0.15, 0.2) is 42.6 Å².